The highest BCUT2D eigenvalue weighted by molar-refractivity contribution is 5.70. The van der Waals surface area contributed by atoms with Gasteiger partial charge in [-0.05, 0) is 52.5 Å². The molecule has 144 valence electrons. The zero-order valence-electron chi connectivity index (χ0n) is 16.2. The average molecular weight is 362 g/mol. The first-order chi connectivity index (χ1) is 12.2. The fourth-order valence-corrected chi connectivity index (χ4v) is 2.99. The van der Waals surface area contributed by atoms with Crippen LogP contribution in [0.5, 0.6) is 0 Å². The van der Waals surface area contributed by atoms with Crippen molar-refractivity contribution in [3.63, 3.8) is 0 Å². The second-order valence-electron chi connectivity index (χ2n) is 8.11. The number of nitrogens with zero attached hydrogens (tertiary/aromatic N) is 1. The highest BCUT2D eigenvalue weighted by Crippen LogP contribution is 2.22. The summed E-state index contributed by atoms with van der Waals surface area (Å²) in [6.45, 7) is 8.74. The maximum atomic E-state index is 12.4. The van der Waals surface area contributed by atoms with Crippen molar-refractivity contribution in [3.8, 4) is 0 Å². The zero-order valence-corrected chi connectivity index (χ0v) is 16.2. The van der Waals surface area contributed by atoms with Gasteiger partial charge in [0, 0.05) is 13.1 Å². The third kappa shape index (κ3) is 6.58. The summed E-state index contributed by atoms with van der Waals surface area (Å²) in [6, 6.07) is 9.54. The maximum absolute atomic E-state index is 12.4. The lowest BCUT2D eigenvalue weighted by Crippen LogP contribution is -2.54. The Morgan fingerprint density at radius 2 is 1.88 bits per heavy atom. The lowest BCUT2D eigenvalue weighted by molar-refractivity contribution is 0.0210. The molecule has 6 nitrogen and oxygen atoms in total. The van der Waals surface area contributed by atoms with Crippen LogP contribution in [0.15, 0.2) is 30.3 Å². The van der Waals surface area contributed by atoms with Gasteiger partial charge in [0.05, 0.1) is 5.54 Å². The first-order valence-corrected chi connectivity index (χ1v) is 9.14. The van der Waals surface area contributed by atoms with Gasteiger partial charge in [-0.1, -0.05) is 30.3 Å². The van der Waals surface area contributed by atoms with Gasteiger partial charge < -0.3 is 19.7 Å². The molecule has 0 bridgehead atoms. The van der Waals surface area contributed by atoms with E-state index in [-0.39, 0.29) is 12.7 Å². The van der Waals surface area contributed by atoms with Crippen molar-refractivity contribution >= 4 is 12.2 Å². The normalized spacial score (nSPS) is 20.8. The lowest BCUT2D eigenvalue weighted by Gasteiger charge is -2.34. The van der Waals surface area contributed by atoms with Gasteiger partial charge in [-0.25, -0.2) is 9.59 Å². The number of carbonyl (C=O) groups is 2. The number of amides is 2. The summed E-state index contributed by atoms with van der Waals surface area (Å²) >= 11 is 0. The molecule has 1 heterocycles. The molecule has 0 aliphatic carbocycles. The number of alkyl carbamates (subject to hydrolysis) is 1. The molecule has 26 heavy (non-hydrogen) atoms. The van der Waals surface area contributed by atoms with Crippen molar-refractivity contribution in [2.24, 2.45) is 0 Å². The van der Waals surface area contributed by atoms with Crippen molar-refractivity contribution < 1.29 is 19.1 Å². The van der Waals surface area contributed by atoms with Gasteiger partial charge in [-0.3, -0.25) is 0 Å². The largest absolute Gasteiger partial charge is 0.445 e. The molecule has 1 atom stereocenters. The van der Waals surface area contributed by atoms with Gasteiger partial charge in [-0.2, -0.15) is 0 Å². The first kappa shape index (κ1) is 20.1. The number of likely N-dealkylation sites (tertiary alicyclic amines) is 1. The summed E-state index contributed by atoms with van der Waals surface area (Å²) < 4.78 is 10.8. The molecule has 1 N–H and O–H groups in total. The smallest absolute Gasteiger partial charge is 0.410 e. The van der Waals surface area contributed by atoms with E-state index in [4.69, 9.17) is 9.47 Å². The van der Waals surface area contributed by atoms with E-state index in [2.05, 4.69) is 5.32 Å². The highest BCUT2D eigenvalue weighted by Gasteiger charge is 2.35. The Morgan fingerprint density at radius 1 is 1.19 bits per heavy atom. The zero-order chi connectivity index (χ0) is 19.2. The number of rotatable bonds is 3. The van der Waals surface area contributed by atoms with E-state index in [0.717, 1.165) is 24.8 Å². The molecule has 1 unspecified atom stereocenters. The summed E-state index contributed by atoms with van der Waals surface area (Å²) in [5, 5.41) is 2.94. The third-order valence-electron chi connectivity index (χ3n) is 4.21. The van der Waals surface area contributed by atoms with Crippen LogP contribution in [0.3, 0.4) is 0 Å². The third-order valence-corrected chi connectivity index (χ3v) is 4.21. The van der Waals surface area contributed by atoms with Crippen molar-refractivity contribution in [3.05, 3.63) is 35.9 Å². The lowest BCUT2D eigenvalue weighted by atomic mass is 9.96. The van der Waals surface area contributed by atoms with E-state index in [1.165, 1.54) is 0 Å². The van der Waals surface area contributed by atoms with Crippen LogP contribution in [0, 0.1) is 0 Å². The predicted molar refractivity (Wildman–Crippen MR) is 99.8 cm³/mol. The van der Waals surface area contributed by atoms with E-state index < -0.39 is 17.2 Å². The first-order valence-electron chi connectivity index (χ1n) is 9.14. The topological polar surface area (TPSA) is 67.9 Å². The van der Waals surface area contributed by atoms with Gasteiger partial charge >= 0.3 is 12.2 Å². The summed E-state index contributed by atoms with van der Waals surface area (Å²) in [5.41, 5.74) is -0.146. The minimum Gasteiger partial charge on any atom is -0.445 e. The van der Waals surface area contributed by atoms with Crippen molar-refractivity contribution in [1.82, 2.24) is 10.2 Å². The second kappa shape index (κ2) is 8.43. The van der Waals surface area contributed by atoms with Gasteiger partial charge in [0.1, 0.15) is 12.2 Å². The second-order valence-corrected chi connectivity index (χ2v) is 8.11. The Morgan fingerprint density at radius 3 is 2.54 bits per heavy atom. The summed E-state index contributed by atoms with van der Waals surface area (Å²) in [4.78, 5) is 26.3. The molecule has 0 saturated carbocycles. The quantitative estimate of drug-likeness (QED) is 0.879. The molecular weight excluding hydrogens is 332 g/mol. The molecule has 1 aliphatic heterocycles. The molecule has 0 radical (unpaired) electrons. The van der Waals surface area contributed by atoms with Crippen molar-refractivity contribution in [2.45, 2.75) is 64.7 Å². The van der Waals surface area contributed by atoms with Crippen molar-refractivity contribution in [1.29, 1.82) is 0 Å². The number of nitrogens with one attached hydrogen (secondary N) is 1. The van der Waals surface area contributed by atoms with Gasteiger partial charge in [0.2, 0.25) is 0 Å². The SMILES string of the molecule is CC1(NC(=O)OCc2ccccc2)CCCCN(C(=O)OC(C)(C)C)C1. The average Bonchev–Trinajstić information content (AvgIpc) is 2.74. The Hall–Kier alpha value is -2.24. The molecule has 1 aliphatic rings. The summed E-state index contributed by atoms with van der Waals surface area (Å²) in [6.07, 6.45) is 1.78. The molecule has 1 saturated heterocycles. The predicted octanol–water partition coefficient (Wildman–Crippen LogP) is 4.09. The molecule has 1 aromatic carbocycles. The Balaban J connectivity index is 1.93. The van der Waals surface area contributed by atoms with Crippen LogP contribution >= 0.6 is 0 Å². The standard InChI is InChI=1S/C20H30N2O4/c1-19(2,3)26-18(24)22-13-9-8-12-20(4,15-22)21-17(23)25-14-16-10-6-5-7-11-16/h5-7,10-11H,8-9,12-15H2,1-4H3,(H,21,23). The van der Waals surface area contributed by atoms with Crippen LogP contribution in [0.4, 0.5) is 9.59 Å². The molecule has 6 heteroatoms. The van der Waals surface area contributed by atoms with Crippen LogP contribution in [-0.4, -0.2) is 41.3 Å². The molecule has 0 aromatic heterocycles. The van der Waals surface area contributed by atoms with E-state index >= 15 is 0 Å². The minimum absolute atomic E-state index is 0.221. The Labute approximate surface area is 155 Å². The monoisotopic (exact) mass is 362 g/mol. The number of hydrogen-bond donors (Lipinski definition) is 1. The summed E-state index contributed by atoms with van der Waals surface area (Å²) in [7, 11) is 0. The molecule has 2 rings (SSSR count). The van der Waals surface area contributed by atoms with Crippen LogP contribution < -0.4 is 5.32 Å². The fourth-order valence-electron chi connectivity index (χ4n) is 2.99. The Kier molecular flexibility index (Phi) is 6.51. The number of hydrogen-bond acceptors (Lipinski definition) is 4. The van der Waals surface area contributed by atoms with Gasteiger partial charge in [-0.15, -0.1) is 0 Å². The Bertz CT molecular complexity index is 612. The van der Waals surface area contributed by atoms with Gasteiger partial charge in [0.15, 0.2) is 0 Å². The van der Waals surface area contributed by atoms with E-state index in [1.54, 1.807) is 4.90 Å². The van der Waals surface area contributed by atoms with Crippen molar-refractivity contribution in [2.75, 3.05) is 13.1 Å². The molecule has 2 amide bonds. The molecule has 0 spiro atoms. The van der Waals surface area contributed by atoms with Crippen LogP contribution in [0.1, 0.15) is 52.5 Å². The van der Waals surface area contributed by atoms with E-state index in [0.29, 0.717) is 13.1 Å². The minimum atomic E-state index is -0.541. The number of ether oxygens (including phenoxy) is 2. The van der Waals surface area contributed by atoms with Crippen LogP contribution in [0.25, 0.3) is 0 Å². The maximum Gasteiger partial charge on any atom is 0.410 e. The number of carbonyl (C=O) groups excluding carboxylic acids is 2. The van der Waals surface area contributed by atoms with E-state index in [9.17, 15) is 9.59 Å². The van der Waals surface area contributed by atoms with Crippen LogP contribution in [-0.2, 0) is 16.1 Å². The van der Waals surface area contributed by atoms with Crippen LogP contribution in [0.2, 0.25) is 0 Å². The number of benzene rings is 1. The fraction of sp³-hybridized carbons (Fsp3) is 0.600. The highest BCUT2D eigenvalue weighted by atomic mass is 16.6. The van der Waals surface area contributed by atoms with E-state index in [1.807, 2.05) is 58.0 Å². The molecular formula is C20H30N2O4. The molecule has 1 aromatic rings. The summed E-state index contributed by atoms with van der Waals surface area (Å²) in [5.74, 6) is 0. The molecule has 1 fully saturated rings. The van der Waals surface area contributed by atoms with Gasteiger partial charge in [0.25, 0.3) is 0 Å².